The second-order valence-electron chi connectivity index (χ2n) is 29.3. The average Bonchev–Trinajstić information content (AvgIpc) is 0.746. The summed E-state index contributed by atoms with van der Waals surface area (Å²) < 4.78 is 24.9. The molecule has 616 valence electrons. The minimum Gasteiger partial charge on any atom is -0.632 e. The molecule has 0 aliphatic heterocycles. The van der Waals surface area contributed by atoms with E-state index in [0.717, 1.165) is 79.7 Å². The Bertz CT molecular complexity index is 4300. The molecule has 0 radical (unpaired) electrons. The first-order valence-corrected chi connectivity index (χ1v) is 41.3. The summed E-state index contributed by atoms with van der Waals surface area (Å²) in [6.45, 7) is 13.1. The van der Waals surface area contributed by atoms with Crippen LogP contribution in [0.25, 0.3) is 0 Å². The fourth-order valence-corrected chi connectivity index (χ4v) is 14.4. The summed E-state index contributed by atoms with van der Waals surface area (Å²) in [7, 11) is 0. The second-order valence-corrected chi connectivity index (χ2v) is 29.3. The number of amides is 2. The van der Waals surface area contributed by atoms with E-state index in [1.807, 2.05) is 258 Å². The molecule has 2 amide bonds. The van der Waals surface area contributed by atoms with Crippen molar-refractivity contribution in [3.8, 4) is 11.5 Å². The summed E-state index contributed by atoms with van der Waals surface area (Å²) in [6.07, 6.45) is 17.0. The number of hydrogen-bond donors (Lipinski definition) is 2. The lowest BCUT2D eigenvalue weighted by Crippen LogP contribution is -2.52. The number of unbranched alkanes of at least 4 members (excludes halogenated alkanes) is 2. The van der Waals surface area contributed by atoms with Gasteiger partial charge in [-0.2, -0.15) is 0 Å². The summed E-state index contributed by atoms with van der Waals surface area (Å²) in [5.41, 5.74) is 14.3. The minimum atomic E-state index is -0.834. The first-order chi connectivity index (χ1) is 59.0. The quantitative estimate of drug-likeness (QED) is 0.0265. The molecular weight excluding hydrogens is 1510 g/mol. The third-order valence-electron chi connectivity index (χ3n) is 20.7. The lowest BCUT2D eigenvalue weighted by molar-refractivity contribution is -0.446. The molecular formula is C96H104N16O8. The Hall–Kier alpha value is -13.0. The normalized spacial score (nSPS) is 12.9. The zero-order chi connectivity index (χ0) is 82.7. The molecule has 1 aliphatic carbocycles. The Kier molecular flexibility index (Phi) is 31.9. The summed E-state index contributed by atoms with van der Waals surface area (Å²) in [5.74, 6) is -0.659. The lowest BCUT2D eigenvalue weighted by atomic mass is 9.63. The van der Waals surface area contributed by atoms with Crippen molar-refractivity contribution in [3.05, 3.63) is 349 Å². The molecule has 24 nitrogen and oxygen atoms in total. The van der Waals surface area contributed by atoms with Gasteiger partial charge >= 0.3 is 0 Å². The number of pyridine rings is 8. The van der Waals surface area contributed by atoms with Crippen LogP contribution in [0, 0.1) is 12.2 Å². The molecule has 24 heteroatoms. The van der Waals surface area contributed by atoms with E-state index < -0.39 is 11.8 Å². The Morgan fingerprint density at radius 2 is 0.583 bits per heavy atom. The topological polar surface area (TPSA) is 264 Å². The van der Waals surface area contributed by atoms with Crippen LogP contribution >= 0.6 is 0 Å². The SMILES string of the molecule is CCN(CCOCC(=O)NCCCCOc1cc(N(Cc2ccccn2)Cc2ccccn2)cc(N(Cc2ccccn2)Cc2ccccn2)c1)c1ccc(C2[C+]([O-])C(c3ccc(N(CC)CCOCC(=O)NCCCCOc4cc(N(Cc5ccccn5)Cc5ccccn5)cc(N(Cc5ccccn5)Cc5ccccn5)c4)cc3)[C+]2[O-])cc1. The van der Waals surface area contributed by atoms with Gasteiger partial charge in [-0.05, 0) is 197 Å². The fourth-order valence-electron chi connectivity index (χ4n) is 14.4. The highest BCUT2D eigenvalue weighted by Crippen LogP contribution is 2.55. The van der Waals surface area contributed by atoms with Gasteiger partial charge in [0.2, 0.25) is 11.8 Å². The molecule has 1 aliphatic rings. The van der Waals surface area contributed by atoms with Crippen molar-refractivity contribution in [2.75, 3.05) is 108 Å². The number of carbonyl (C=O) groups is 2. The van der Waals surface area contributed by atoms with Crippen molar-refractivity contribution in [2.45, 2.75) is 104 Å². The number of nitrogens with one attached hydrogen (secondary N) is 2. The van der Waals surface area contributed by atoms with Crippen LogP contribution in [0.1, 0.15) is 108 Å². The highest BCUT2D eigenvalue weighted by atomic mass is 16.5. The molecule has 0 atom stereocenters. The Balaban J connectivity index is 0.522. The molecule has 0 bridgehead atoms. The van der Waals surface area contributed by atoms with E-state index in [0.29, 0.717) is 166 Å². The van der Waals surface area contributed by atoms with Gasteiger partial charge in [0.1, 0.15) is 24.7 Å². The number of ether oxygens (including phenoxy) is 4. The molecule has 0 saturated heterocycles. The molecule has 8 heterocycles. The van der Waals surface area contributed by atoms with E-state index >= 15 is 0 Å². The average molecular weight is 1610 g/mol. The molecule has 1 saturated carbocycles. The third kappa shape index (κ3) is 25.5. The highest BCUT2D eigenvalue weighted by molar-refractivity contribution is 5.77. The van der Waals surface area contributed by atoms with Gasteiger partial charge in [-0.25, -0.2) is 0 Å². The Labute approximate surface area is 704 Å². The molecule has 1 fully saturated rings. The molecule has 12 aromatic rings. The predicted molar refractivity (Wildman–Crippen MR) is 464 cm³/mol. The summed E-state index contributed by atoms with van der Waals surface area (Å²) in [5, 5.41) is 33.6. The first-order valence-electron chi connectivity index (χ1n) is 41.3. The molecule has 120 heavy (non-hydrogen) atoms. The molecule has 8 aromatic heterocycles. The van der Waals surface area contributed by atoms with Gasteiger partial charge in [0.25, 0.3) is 11.8 Å². The third-order valence-corrected chi connectivity index (χ3v) is 20.7. The van der Waals surface area contributed by atoms with Crippen LogP contribution < -0.4 is 59.7 Å². The number of likely N-dealkylation sites (N-methyl/N-ethyl adjacent to an activating group) is 2. The smallest absolute Gasteiger partial charge is 0.259 e. The molecule has 13 rings (SSSR count). The summed E-state index contributed by atoms with van der Waals surface area (Å²) in [4.78, 5) is 76.8. The zero-order valence-corrected chi connectivity index (χ0v) is 68.2. The van der Waals surface area contributed by atoms with E-state index in [1.54, 1.807) is 0 Å². The largest absolute Gasteiger partial charge is 0.632 e. The van der Waals surface area contributed by atoms with E-state index in [9.17, 15) is 19.8 Å². The number of carbonyl (C=O) groups excluding carboxylic acids is 2. The van der Waals surface area contributed by atoms with E-state index in [-0.39, 0.29) is 37.2 Å². The van der Waals surface area contributed by atoms with Crippen LogP contribution in [0.4, 0.5) is 34.1 Å². The molecule has 0 unspecified atom stereocenters. The minimum absolute atomic E-state index is 0.0804. The molecule has 0 spiro atoms. The lowest BCUT2D eigenvalue weighted by Gasteiger charge is -2.37. The van der Waals surface area contributed by atoms with Crippen molar-refractivity contribution in [1.82, 2.24) is 50.5 Å². The van der Waals surface area contributed by atoms with E-state index in [1.165, 1.54) is 0 Å². The number of aromatic nitrogens is 8. The number of nitrogens with zero attached hydrogens (tertiary/aromatic N) is 14. The number of hydrogen-bond acceptors (Lipinski definition) is 22. The van der Waals surface area contributed by atoms with Gasteiger partial charge in [-0.15, -0.1) is 0 Å². The first kappa shape index (κ1) is 84.9. The summed E-state index contributed by atoms with van der Waals surface area (Å²) in [6, 6.07) is 75.3. The van der Waals surface area contributed by atoms with Crippen LogP contribution in [0.15, 0.2) is 280 Å². The maximum atomic E-state index is 13.8. The number of benzene rings is 4. The van der Waals surface area contributed by atoms with Gasteiger partial charge in [-0.3, -0.25) is 49.5 Å². The van der Waals surface area contributed by atoms with Crippen molar-refractivity contribution < 1.29 is 38.7 Å². The van der Waals surface area contributed by atoms with E-state index in [4.69, 9.17) is 18.9 Å². The monoisotopic (exact) mass is 1610 g/mol. The van der Waals surface area contributed by atoms with Crippen molar-refractivity contribution >= 4 is 45.9 Å². The van der Waals surface area contributed by atoms with E-state index in [2.05, 4.69) is 116 Å². The van der Waals surface area contributed by atoms with Gasteiger partial charge in [-0.1, -0.05) is 48.5 Å². The maximum absolute atomic E-state index is 13.8. The molecule has 2 N–H and O–H groups in total. The second kappa shape index (κ2) is 45.1. The van der Waals surface area contributed by atoms with Gasteiger partial charge in [0.15, 0.2) is 12.2 Å². The Morgan fingerprint density at radius 3 is 0.817 bits per heavy atom. The maximum Gasteiger partial charge on any atom is 0.259 e. The predicted octanol–water partition coefficient (Wildman–Crippen LogP) is 13.0. The molecule has 4 aromatic carbocycles. The van der Waals surface area contributed by atoms with Gasteiger partial charge < -0.3 is 69.2 Å². The van der Waals surface area contributed by atoms with Gasteiger partial charge in [0.05, 0.1) is 124 Å². The zero-order valence-electron chi connectivity index (χ0n) is 68.2. The number of anilines is 6. The van der Waals surface area contributed by atoms with Crippen LogP contribution in [0.3, 0.4) is 0 Å². The van der Waals surface area contributed by atoms with Gasteiger partial charge in [0, 0.05) is 158 Å². The van der Waals surface area contributed by atoms with Crippen molar-refractivity contribution in [2.24, 2.45) is 0 Å². The van der Waals surface area contributed by atoms with Crippen LogP contribution in [0.2, 0.25) is 0 Å². The Morgan fingerprint density at radius 1 is 0.325 bits per heavy atom. The number of rotatable bonds is 48. The fraction of sp³-hybridized carbons (Fsp3) is 0.292. The van der Waals surface area contributed by atoms with Crippen LogP contribution in [-0.2, 0) is 71.4 Å². The van der Waals surface area contributed by atoms with Crippen molar-refractivity contribution in [1.29, 1.82) is 0 Å². The standard InChI is InChI=1S/C96H104N16O8/c1-3-107(51-55-117-71-91(113)105-49-21-23-53-119-89-59-85(109(63-75-25-5-13-41-97-75)64-76-26-6-14-42-98-76)57-86(60-89)110(65-77-27-7-15-43-99-77)66-78-28-8-16-44-100-78)83-37-33-73(34-38-83)93-95(115)94(96(93)116)74-35-39-84(40-36-74)108(4-2)52-56-118-72-92(114)106-50-22-24-54-120-90-61-87(111(67-79-29-9-17-45-101-79)68-80-30-10-18-46-102-80)58-88(62-90)112(69-81-31-11-19-47-103-81)70-82-32-12-20-48-104-82/h5-20,25-48,57-62,93-94H,3-4,21-24,49-56,63-72H2,1-2H3,(H,105,113)(H,106,114). The summed E-state index contributed by atoms with van der Waals surface area (Å²) >= 11 is 0. The van der Waals surface area contributed by atoms with Crippen LogP contribution in [-0.4, -0.2) is 131 Å². The van der Waals surface area contributed by atoms with Crippen LogP contribution in [0.5, 0.6) is 11.5 Å². The van der Waals surface area contributed by atoms with Crippen molar-refractivity contribution in [3.63, 3.8) is 0 Å². The highest BCUT2D eigenvalue weighted by Gasteiger charge is 2.62.